The van der Waals surface area contributed by atoms with Gasteiger partial charge in [-0.1, -0.05) is 12.5 Å². The van der Waals surface area contributed by atoms with Gasteiger partial charge in [0.15, 0.2) is 11.6 Å². The van der Waals surface area contributed by atoms with Crippen molar-refractivity contribution >= 4 is 5.82 Å². The van der Waals surface area contributed by atoms with Crippen LogP contribution in [-0.4, -0.2) is 63.7 Å². The van der Waals surface area contributed by atoms with Crippen LogP contribution in [0.3, 0.4) is 0 Å². The van der Waals surface area contributed by atoms with E-state index in [2.05, 4.69) is 25.5 Å². The van der Waals surface area contributed by atoms with Gasteiger partial charge in [0, 0.05) is 31.3 Å². The number of aromatic hydroxyl groups is 1. The molecule has 10 heteroatoms. The molecule has 2 aliphatic rings. The maximum Gasteiger partial charge on any atom is 0.216 e. The molecule has 8 nitrogen and oxygen atoms in total. The zero-order valence-electron chi connectivity index (χ0n) is 18.9. The number of rotatable bonds is 5. The average Bonchev–Trinajstić information content (AvgIpc) is 2.85. The van der Waals surface area contributed by atoms with E-state index in [0.717, 1.165) is 19.3 Å². The zero-order chi connectivity index (χ0) is 23.8. The van der Waals surface area contributed by atoms with Crippen LogP contribution in [0.5, 0.6) is 11.6 Å². The summed E-state index contributed by atoms with van der Waals surface area (Å²) in [5.74, 6) is 0.0915. The molecule has 5 rings (SSSR count). The molecule has 1 aromatic carbocycles. The van der Waals surface area contributed by atoms with E-state index < -0.39 is 12.1 Å². The minimum absolute atomic E-state index is 0.0772. The summed E-state index contributed by atoms with van der Waals surface area (Å²) in [6, 6.07) is 7.60. The van der Waals surface area contributed by atoms with E-state index in [0.29, 0.717) is 35.0 Å². The van der Waals surface area contributed by atoms with Gasteiger partial charge in [0.05, 0.1) is 24.9 Å². The molecule has 0 radical (unpaired) electrons. The van der Waals surface area contributed by atoms with E-state index in [1.54, 1.807) is 24.4 Å². The molecule has 4 atom stereocenters. The number of aromatic nitrogens is 4. The molecule has 3 aromatic rings. The minimum Gasteiger partial charge on any atom is -0.507 e. The van der Waals surface area contributed by atoms with E-state index in [9.17, 15) is 9.50 Å². The molecular weight excluding hydrogens is 442 g/mol. The number of halogens is 2. The molecule has 4 heterocycles. The summed E-state index contributed by atoms with van der Waals surface area (Å²) in [4.78, 5) is 9.81. The standard InChI is InChI=1S/C24H26F2N6O2/c1-32(18-11-15-4-3-5-17(28-15)23(18)26)21-12-27-24(31-30-21)16-7-6-13(8-19(16)33)14-9-20(25)29-22(10-14)34-2/h6-10,12,15,17-18,23,28,33H,3-5,11H2,1-2H3/t15-,17+,18-,23+/m0/s1. The van der Waals surface area contributed by atoms with Gasteiger partial charge >= 0.3 is 0 Å². The third-order valence-electron chi connectivity index (χ3n) is 6.76. The summed E-state index contributed by atoms with van der Waals surface area (Å²) >= 11 is 0. The molecule has 0 amide bonds. The van der Waals surface area contributed by atoms with Gasteiger partial charge in [-0.05, 0) is 42.5 Å². The molecule has 0 unspecified atom stereocenters. The fraction of sp³-hybridized carbons (Fsp3) is 0.417. The fourth-order valence-corrected chi connectivity index (χ4v) is 4.92. The first kappa shape index (κ1) is 22.4. The van der Waals surface area contributed by atoms with E-state index in [-0.39, 0.29) is 29.5 Å². The number of pyridine rings is 1. The van der Waals surface area contributed by atoms with Crippen LogP contribution in [0.2, 0.25) is 0 Å². The van der Waals surface area contributed by atoms with Crippen molar-refractivity contribution in [1.82, 2.24) is 25.5 Å². The van der Waals surface area contributed by atoms with Crippen LogP contribution in [0.25, 0.3) is 22.5 Å². The number of phenolic OH excluding ortho intramolecular Hbond substituents is 1. The lowest BCUT2D eigenvalue weighted by Gasteiger charge is -2.45. The second-order valence-electron chi connectivity index (χ2n) is 8.85. The highest BCUT2D eigenvalue weighted by Gasteiger charge is 2.42. The lowest BCUT2D eigenvalue weighted by Crippen LogP contribution is -2.61. The number of fused-ring (bicyclic) bond motifs is 2. The summed E-state index contributed by atoms with van der Waals surface area (Å²) in [6.45, 7) is 0. The topological polar surface area (TPSA) is 96.3 Å². The maximum atomic E-state index is 15.1. The van der Waals surface area contributed by atoms with Crippen LogP contribution >= 0.6 is 0 Å². The maximum absolute atomic E-state index is 15.1. The Morgan fingerprint density at radius 1 is 1.15 bits per heavy atom. The van der Waals surface area contributed by atoms with Crippen LogP contribution in [0.4, 0.5) is 14.6 Å². The van der Waals surface area contributed by atoms with Crippen LogP contribution < -0.4 is 15.0 Å². The van der Waals surface area contributed by atoms with Crippen molar-refractivity contribution in [3.63, 3.8) is 0 Å². The van der Waals surface area contributed by atoms with Crippen molar-refractivity contribution < 1.29 is 18.6 Å². The summed E-state index contributed by atoms with van der Waals surface area (Å²) in [6.07, 6.45) is 4.23. The third-order valence-corrected chi connectivity index (χ3v) is 6.76. The van der Waals surface area contributed by atoms with Gasteiger partial charge in [-0.2, -0.15) is 9.37 Å². The predicted octanol–water partition coefficient (Wildman–Crippen LogP) is 3.51. The van der Waals surface area contributed by atoms with Gasteiger partial charge in [0.2, 0.25) is 11.8 Å². The molecule has 2 fully saturated rings. The number of ether oxygens (including phenoxy) is 1. The largest absolute Gasteiger partial charge is 0.507 e. The Morgan fingerprint density at radius 2 is 2.00 bits per heavy atom. The molecule has 178 valence electrons. The van der Waals surface area contributed by atoms with Gasteiger partial charge in [0.1, 0.15) is 11.9 Å². The molecule has 2 aliphatic heterocycles. The van der Waals surface area contributed by atoms with Crippen LogP contribution in [0.15, 0.2) is 36.5 Å². The first-order valence-electron chi connectivity index (χ1n) is 11.3. The number of alkyl halides is 1. The number of methoxy groups -OCH3 is 1. The Bertz CT molecular complexity index is 1180. The number of hydrogen-bond donors (Lipinski definition) is 2. The van der Waals surface area contributed by atoms with Crippen molar-refractivity contribution in [1.29, 1.82) is 0 Å². The number of phenols is 1. The number of benzene rings is 1. The predicted molar refractivity (Wildman–Crippen MR) is 123 cm³/mol. The zero-order valence-corrected chi connectivity index (χ0v) is 18.9. The smallest absolute Gasteiger partial charge is 0.216 e. The van der Waals surface area contributed by atoms with Gasteiger partial charge in [0.25, 0.3) is 0 Å². The molecule has 2 bridgehead atoms. The minimum atomic E-state index is -0.990. The number of hydrogen-bond acceptors (Lipinski definition) is 8. The van der Waals surface area contributed by atoms with Crippen molar-refractivity contribution in [2.24, 2.45) is 0 Å². The van der Waals surface area contributed by atoms with Crippen molar-refractivity contribution in [3.05, 3.63) is 42.5 Å². The third kappa shape index (κ3) is 4.25. The quantitative estimate of drug-likeness (QED) is 0.550. The number of nitrogens with zero attached hydrogens (tertiary/aromatic N) is 5. The normalized spacial score (nSPS) is 24.0. The number of anilines is 1. The van der Waals surface area contributed by atoms with E-state index in [1.807, 2.05) is 11.9 Å². The highest BCUT2D eigenvalue weighted by molar-refractivity contribution is 5.73. The number of nitrogens with one attached hydrogen (secondary N) is 1. The molecule has 2 aromatic heterocycles. The van der Waals surface area contributed by atoms with E-state index in [4.69, 9.17) is 4.74 Å². The van der Waals surface area contributed by atoms with Crippen molar-refractivity contribution in [3.8, 4) is 34.1 Å². The summed E-state index contributed by atoms with van der Waals surface area (Å²) in [5, 5.41) is 22.4. The Morgan fingerprint density at radius 3 is 2.74 bits per heavy atom. The van der Waals surface area contributed by atoms with Gasteiger partial charge in [-0.15, -0.1) is 10.2 Å². The van der Waals surface area contributed by atoms with Gasteiger partial charge < -0.3 is 20.1 Å². The summed E-state index contributed by atoms with van der Waals surface area (Å²) < 4.78 is 33.8. The average molecular weight is 469 g/mol. The lowest BCUT2D eigenvalue weighted by atomic mass is 9.82. The van der Waals surface area contributed by atoms with Crippen LogP contribution in [0.1, 0.15) is 25.7 Å². The molecule has 2 saturated heterocycles. The molecular formula is C24H26F2N6O2. The van der Waals surface area contributed by atoms with Gasteiger partial charge in [-0.25, -0.2) is 9.37 Å². The summed E-state index contributed by atoms with van der Waals surface area (Å²) in [7, 11) is 3.22. The summed E-state index contributed by atoms with van der Waals surface area (Å²) in [5.41, 5.74) is 1.47. The SMILES string of the molecule is COc1cc(-c2ccc(-c3ncc(N(C)[C@H]4C[C@@H]5CCC[C@@H](N5)[C@H]4F)nn3)c(O)c2)cc(F)n1. The Hall–Kier alpha value is -3.40. The number of piperidine rings is 2. The van der Waals surface area contributed by atoms with Crippen LogP contribution in [0, 0.1) is 5.95 Å². The van der Waals surface area contributed by atoms with Gasteiger partial charge in [-0.3, -0.25) is 0 Å². The molecule has 0 saturated carbocycles. The fourth-order valence-electron chi connectivity index (χ4n) is 4.92. The molecule has 0 spiro atoms. The highest BCUT2D eigenvalue weighted by Crippen LogP contribution is 2.34. The monoisotopic (exact) mass is 468 g/mol. The molecule has 0 aliphatic carbocycles. The van der Waals surface area contributed by atoms with E-state index >= 15 is 4.39 Å². The Labute approximate surface area is 196 Å². The second-order valence-corrected chi connectivity index (χ2v) is 8.85. The molecule has 2 N–H and O–H groups in total. The lowest BCUT2D eigenvalue weighted by molar-refractivity contribution is 0.107. The Balaban J connectivity index is 1.36. The van der Waals surface area contributed by atoms with Crippen LogP contribution in [-0.2, 0) is 0 Å². The first-order chi connectivity index (χ1) is 16.4. The van der Waals surface area contributed by atoms with Crippen molar-refractivity contribution in [2.45, 2.75) is 50.0 Å². The van der Waals surface area contributed by atoms with Crippen molar-refractivity contribution in [2.75, 3.05) is 19.1 Å². The van der Waals surface area contributed by atoms with E-state index in [1.165, 1.54) is 19.2 Å². The Kier molecular flexibility index (Phi) is 5.99. The second kappa shape index (κ2) is 9.09. The highest BCUT2D eigenvalue weighted by atomic mass is 19.1. The first-order valence-corrected chi connectivity index (χ1v) is 11.3. The molecule has 34 heavy (non-hydrogen) atoms.